The van der Waals surface area contributed by atoms with E-state index in [9.17, 15) is 13.2 Å². The number of fused-ring (bicyclic) bond motifs is 1. The van der Waals surface area contributed by atoms with Crippen molar-refractivity contribution in [2.24, 2.45) is 5.92 Å². The number of nitrogens with one attached hydrogen (secondary N) is 1. The van der Waals surface area contributed by atoms with E-state index >= 15 is 0 Å². The SMILES string of the molecule is COc1cccc(Cn2c(NC(=O)C3CCN(S(=O)(=O)N(C)C)CC3)nc3ccccc32)c1. The summed E-state index contributed by atoms with van der Waals surface area (Å²) in [7, 11) is 1.20. The smallest absolute Gasteiger partial charge is 0.281 e. The number of carbonyl (C=O) groups excluding carboxylic acids is 1. The zero-order valence-corrected chi connectivity index (χ0v) is 19.9. The van der Waals surface area contributed by atoms with E-state index in [0.29, 0.717) is 38.4 Å². The number of carbonyl (C=O) groups is 1. The van der Waals surface area contributed by atoms with Gasteiger partial charge in [0.05, 0.1) is 24.7 Å². The van der Waals surface area contributed by atoms with E-state index in [1.54, 1.807) is 7.11 Å². The minimum atomic E-state index is -3.46. The molecule has 1 amide bonds. The van der Waals surface area contributed by atoms with Crippen LogP contribution in [0, 0.1) is 5.92 Å². The highest BCUT2D eigenvalue weighted by molar-refractivity contribution is 7.86. The second-order valence-corrected chi connectivity index (χ2v) is 10.5. The van der Waals surface area contributed by atoms with E-state index in [-0.39, 0.29) is 11.8 Å². The third-order valence-corrected chi connectivity index (χ3v) is 7.92. The molecule has 1 aliphatic heterocycles. The molecule has 1 aromatic heterocycles. The highest BCUT2D eigenvalue weighted by Crippen LogP contribution is 2.25. The van der Waals surface area contributed by atoms with E-state index < -0.39 is 10.2 Å². The Bertz CT molecular complexity index is 1250. The number of para-hydroxylation sites is 2. The van der Waals surface area contributed by atoms with Crippen molar-refractivity contribution in [1.29, 1.82) is 0 Å². The number of ether oxygens (including phenoxy) is 1. The number of imidazole rings is 1. The van der Waals surface area contributed by atoms with Gasteiger partial charge in [0.15, 0.2) is 0 Å². The largest absolute Gasteiger partial charge is 0.497 e. The molecule has 176 valence electrons. The molecule has 1 aliphatic rings. The van der Waals surface area contributed by atoms with Gasteiger partial charge in [0, 0.05) is 33.1 Å². The number of anilines is 1. The average Bonchev–Trinajstić information content (AvgIpc) is 3.16. The summed E-state index contributed by atoms with van der Waals surface area (Å²) in [5.74, 6) is 0.831. The first-order chi connectivity index (χ1) is 15.8. The molecule has 3 aromatic rings. The van der Waals surface area contributed by atoms with Gasteiger partial charge in [-0.15, -0.1) is 0 Å². The van der Waals surface area contributed by atoms with Crippen LogP contribution in [0.2, 0.25) is 0 Å². The van der Waals surface area contributed by atoms with Gasteiger partial charge in [-0.25, -0.2) is 4.98 Å². The molecule has 0 radical (unpaired) electrons. The summed E-state index contributed by atoms with van der Waals surface area (Å²) < 4.78 is 34.6. The number of piperidine rings is 1. The zero-order chi connectivity index (χ0) is 23.6. The van der Waals surface area contributed by atoms with E-state index in [1.807, 2.05) is 53.1 Å². The van der Waals surface area contributed by atoms with Crippen LogP contribution in [-0.2, 0) is 21.5 Å². The average molecular weight is 472 g/mol. The fourth-order valence-corrected chi connectivity index (χ4v) is 5.21. The topological polar surface area (TPSA) is 96.8 Å². The molecule has 2 heterocycles. The first-order valence-corrected chi connectivity index (χ1v) is 12.3. The molecule has 1 fully saturated rings. The van der Waals surface area contributed by atoms with Crippen LogP contribution in [0.5, 0.6) is 5.75 Å². The van der Waals surface area contributed by atoms with Crippen LogP contribution in [0.25, 0.3) is 11.0 Å². The zero-order valence-electron chi connectivity index (χ0n) is 19.1. The number of amides is 1. The van der Waals surface area contributed by atoms with Crippen molar-refractivity contribution in [3.8, 4) is 5.75 Å². The molecule has 0 spiro atoms. The van der Waals surface area contributed by atoms with Gasteiger partial charge < -0.3 is 9.30 Å². The van der Waals surface area contributed by atoms with Crippen LogP contribution in [0.15, 0.2) is 48.5 Å². The van der Waals surface area contributed by atoms with Crippen molar-refractivity contribution in [1.82, 2.24) is 18.2 Å². The van der Waals surface area contributed by atoms with Gasteiger partial charge in [0.25, 0.3) is 10.2 Å². The van der Waals surface area contributed by atoms with Gasteiger partial charge in [0.2, 0.25) is 11.9 Å². The molecule has 1 saturated heterocycles. The van der Waals surface area contributed by atoms with Crippen molar-refractivity contribution >= 4 is 33.1 Å². The number of aromatic nitrogens is 2. The maximum atomic E-state index is 13.1. The summed E-state index contributed by atoms with van der Waals surface area (Å²) in [5.41, 5.74) is 2.74. The molecule has 0 unspecified atom stereocenters. The lowest BCUT2D eigenvalue weighted by molar-refractivity contribution is -0.121. The van der Waals surface area contributed by atoms with E-state index in [1.165, 1.54) is 22.7 Å². The summed E-state index contributed by atoms with van der Waals surface area (Å²) in [6.07, 6.45) is 0.935. The summed E-state index contributed by atoms with van der Waals surface area (Å²) >= 11 is 0. The Morgan fingerprint density at radius 1 is 1.15 bits per heavy atom. The molecule has 0 saturated carbocycles. The van der Waals surface area contributed by atoms with Gasteiger partial charge >= 0.3 is 0 Å². The first kappa shape index (κ1) is 23.2. The lowest BCUT2D eigenvalue weighted by atomic mass is 9.97. The Balaban J connectivity index is 1.53. The highest BCUT2D eigenvalue weighted by atomic mass is 32.2. The van der Waals surface area contributed by atoms with Crippen LogP contribution in [0.3, 0.4) is 0 Å². The monoisotopic (exact) mass is 471 g/mol. The normalized spacial score (nSPS) is 15.8. The number of nitrogens with zero attached hydrogens (tertiary/aromatic N) is 4. The summed E-state index contributed by atoms with van der Waals surface area (Å²) in [5, 5.41) is 3.00. The van der Waals surface area contributed by atoms with Crippen molar-refractivity contribution in [3.05, 3.63) is 54.1 Å². The molecule has 10 heteroatoms. The Hall–Kier alpha value is -2.95. The van der Waals surface area contributed by atoms with Gasteiger partial charge in [-0.05, 0) is 42.7 Å². The fraction of sp³-hybridized carbons (Fsp3) is 0.391. The fourth-order valence-electron chi connectivity index (χ4n) is 4.08. The van der Waals surface area contributed by atoms with E-state index in [4.69, 9.17) is 4.74 Å². The Morgan fingerprint density at radius 2 is 1.88 bits per heavy atom. The van der Waals surface area contributed by atoms with Crippen LogP contribution >= 0.6 is 0 Å². The summed E-state index contributed by atoms with van der Waals surface area (Å²) in [6.45, 7) is 1.16. The number of benzene rings is 2. The predicted molar refractivity (Wildman–Crippen MR) is 127 cm³/mol. The first-order valence-electron chi connectivity index (χ1n) is 10.9. The van der Waals surface area contributed by atoms with Crippen molar-refractivity contribution in [2.45, 2.75) is 19.4 Å². The van der Waals surface area contributed by atoms with Crippen LogP contribution in [0.4, 0.5) is 5.95 Å². The summed E-state index contributed by atoms with van der Waals surface area (Å²) in [6, 6.07) is 15.5. The second kappa shape index (κ2) is 9.50. The van der Waals surface area contributed by atoms with Crippen molar-refractivity contribution in [3.63, 3.8) is 0 Å². The molecule has 0 bridgehead atoms. The Morgan fingerprint density at radius 3 is 2.58 bits per heavy atom. The highest BCUT2D eigenvalue weighted by Gasteiger charge is 2.32. The van der Waals surface area contributed by atoms with Crippen LogP contribution < -0.4 is 10.1 Å². The lowest BCUT2D eigenvalue weighted by Crippen LogP contribution is -2.46. The maximum Gasteiger partial charge on any atom is 0.281 e. The quantitative estimate of drug-likeness (QED) is 0.571. The van der Waals surface area contributed by atoms with Crippen LogP contribution in [0.1, 0.15) is 18.4 Å². The maximum absolute atomic E-state index is 13.1. The molecule has 33 heavy (non-hydrogen) atoms. The number of methoxy groups -OCH3 is 1. The standard InChI is InChI=1S/C23H29N5O4S/c1-26(2)33(30,31)27-13-11-18(12-14-27)22(29)25-23-24-20-9-4-5-10-21(20)28(23)16-17-7-6-8-19(15-17)32-3/h4-10,15,18H,11-14,16H2,1-3H3,(H,24,25,29). The van der Waals surface area contributed by atoms with Crippen molar-refractivity contribution in [2.75, 3.05) is 39.6 Å². The third kappa shape index (κ3) is 4.87. The van der Waals surface area contributed by atoms with E-state index in [0.717, 1.165) is 22.3 Å². The van der Waals surface area contributed by atoms with Gasteiger partial charge in [0.1, 0.15) is 5.75 Å². The molecule has 9 nitrogen and oxygen atoms in total. The molecule has 0 atom stereocenters. The lowest BCUT2D eigenvalue weighted by Gasteiger charge is -2.32. The number of hydrogen-bond donors (Lipinski definition) is 1. The number of hydrogen-bond acceptors (Lipinski definition) is 5. The molecular weight excluding hydrogens is 442 g/mol. The minimum Gasteiger partial charge on any atom is -0.497 e. The van der Waals surface area contributed by atoms with E-state index in [2.05, 4.69) is 10.3 Å². The van der Waals surface area contributed by atoms with Crippen LogP contribution in [-0.4, -0.2) is 66.8 Å². The molecule has 2 aromatic carbocycles. The van der Waals surface area contributed by atoms with Gasteiger partial charge in [-0.2, -0.15) is 17.0 Å². The van der Waals surface area contributed by atoms with Crippen molar-refractivity contribution < 1.29 is 17.9 Å². The third-order valence-electron chi connectivity index (χ3n) is 5.98. The second-order valence-electron chi connectivity index (χ2n) is 8.31. The molecule has 0 aliphatic carbocycles. The number of rotatable bonds is 7. The minimum absolute atomic E-state index is 0.140. The van der Waals surface area contributed by atoms with Gasteiger partial charge in [-0.3, -0.25) is 10.1 Å². The van der Waals surface area contributed by atoms with Gasteiger partial charge in [-0.1, -0.05) is 24.3 Å². The summed E-state index contributed by atoms with van der Waals surface area (Å²) in [4.78, 5) is 17.7. The molecule has 1 N–H and O–H groups in total. The molecular formula is C23H29N5O4S. The molecule has 4 rings (SSSR count). The predicted octanol–water partition coefficient (Wildman–Crippen LogP) is 2.55. The Kier molecular flexibility index (Phi) is 6.68. The Labute approximate surface area is 194 Å².